The molecular formula is C17H27NO2. The number of hydrogen-bond donors (Lipinski definition) is 1. The Hall–Kier alpha value is -1.35. The fourth-order valence-corrected chi connectivity index (χ4v) is 2.10. The number of hydrogen-bond acceptors (Lipinski definition) is 3. The van der Waals surface area contributed by atoms with Crippen molar-refractivity contribution in [2.45, 2.75) is 64.5 Å². The van der Waals surface area contributed by atoms with Crippen molar-refractivity contribution in [2.24, 2.45) is 5.73 Å². The second kappa shape index (κ2) is 10.4. The topological polar surface area (TPSA) is 52.3 Å². The van der Waals surface area contributed by atoms with E-state index in [9.17, 15) is 4.79 Å². The van der Waals surface area contributed by atoms with Gasteiger partial charge in [0.05, 0.1) is 0 Å². The van der Waals surface area contributed by atoms with Crippen LogP contribution in [-0.4, -0.2) is 12.0 Å². The number of ether oxygens (including phenoxy) is 1. The van der Waals surface area contributed by atoms with Crippen molar-refractivity contribution in [3.63, 3.8) is 0 Å². The normalized spacial score (nSPS) is 12.1. The lowest BCUT2D eigenvalue weighted by Crippen LogP contribution is -2.32. The van der Waals surface area contributed by atoms with Gasteiger partial charge < -0.3 is 10.5 Å². The van der Waals surface area contributed by atoms with Gasteiger partial charge in [0, 0.05) is 0 Å². The highest BCUT2D eigenvalue weighted by atomic mass is 16.5. The molecule has 1 rings (SSSR count). The predicted molar refractivity (Wildman–Crippen MR) is 82.2 cm³/mol. The quantitative estimate of drug-likeness (QED) is 0.522. The van der Waals surface area contributed by atoms with Gasteiger partial charge in [0.1, 0.15) is 12.6 Å². The molecule has 0 bridgehead atoms. The summed E-state index contributed by atoms with van der Waals surface area (Å²) in [4.78, 5) is 11.7. The average Bonchev–Trinajstić information content (AvgIpc) is 2.49. The fraction of sp³-hybridized carbons (Fsp3) is 0.588. The van der Waals surface area contributed by atoms with Crippen LogP contribution in [0.4, 0.5) is 0 Å². The van der Waals surface area contributed by atoms with E-state index < -0.39 is 6.04 Å². The molecule has 3 heteroatoms. The Morgan fingerprint density at radius 1 is 1.10 bits per heavy atom. The first-order valence-electron chi connectivity index (χ1n) is 7.70. The molecule has 20 heavy (non-hydrogen) atoms. The van der Waals surface area contributed by atoms with Crippen molar-refractivity contribution in [3.8, 4) is 0 Å². The van der Waals surface area contributed by atoms with E-state index in [-0.39, 0.29) is 5.97 Å². The number of carbonyl (C=O) groups is 1. The van der Waals surface area contributed by atoms with Gasteiger partial charge in [0.2, 0.25) is 0 Å². The summed E-state index contributed by atoms with van der Waals surface area (Å²) in [6, 6.07) is 9.19. The lowest BCUT2D eigenvalue weighted by atomic mass is 10.1. The molecule has 0 fully saturated rings. The van der Waals surface area contributed by atoms with Crippen molar-refractivity contribution in [1.29, 1.82) is 0 Å². The molecule has 0 aliphatic rings. The fourth-order valence-electron chi connectivity index (χ4n) is 2.10. The summed E-state index contributed by atoms with van der Waals surface area (Å²) >= 11 is 0. The molecule has 0 amide bonds. The van der Waals surface area contributed by atoms with E-state index in [0.29, 0.717) is 6.61 Å². The third-order valence-electron chi connectivity index (χ3n) is 3.40. The molecule has 2 N–H and O–H groups in total. The van der Waals surface area contributed by atoms with Crippen molar-refractivity contribution < 1.29 is 9.53 Å². The maximum atomic E-state index is 11.7. The molecule has 0 saturated heterocycles. The van der Waals surface area contributed by atoms with Crippen molar-refractivity contribution >= 4 is 5.97 Å². The second-order valence-electron chi connectivity index (χ2n) is 5.26. The van der Waals surface area contributed by atoms with E-state index in [2.05, 4.69) is 6.92 Å². The minimum Gasteiger partial charge on any atom is -0.460 e. The number of carbonyl (C=O) groups excluding carboxylic acids is 1. The minimum absolute atomic E-state index is 0.289. The molecule has 112 valence electrons. The SMILES string of the molecule is CCCCCCCCC(N)C(=O)OCc1ccccc1. The van der Waals surface area contributed by atoms with E-state index in [1.165, 1.54) is 25.7 Å². The average molecular weight is 277 g/mol. The lowest BCUT2D eigenvalue weighted by molar-refractivity contribution is -0.146. The summed E-state index contributed by atoms with van der Waals surface area (Å²) in [7, 11) is 0. The Bertz CT molecular complexity index is 365. The summed E-state index contributed by atoms with van der Waals surface area (Å²) < 4.78 is 5.22. The molecule has 0 aromatic heterocycles. The molecule has 0 saturated carbocycles. The van der Waals surface area contributed by atoms with E-state index in [1.807, 2.05) is 30.3 Å². The van der Waals surface area contributed by atoms with Gasteiger partial charge in [-0.2, -0.15) is 0 Å². The van der Waals surface area contributed by atoms with E-state index in [0.717, 1.165) is 24.8 Å². The Labute approximate surface area is 122 Å². The number of benzene rings is 1. The first kappa shape index (κ1) is 16.7. The number of esters is 1. The summed E-state index contributed by atoms with van der Waals surface area (Å²) in [5, 5.41) is 0. The van der Waals surface area contributed by atoms with Gasteiger partial charge >= 0.3 is 5.97 Å². The summed E-state index contributed by atoms with van der Waals surface area (Å²) in [5.74, 6) is -0.289. The standard InChI is InChI=1S/C17H27NO2/c1-2-3-4-5-6-10-13-16(18)17(19)20-14-15-11-8-7-9-12-15/h7-9,11-12,16H,2-6,10,13-14,18H2,1H3. The lowest BCUT2D eigenvalue weighted by Gasteiger charge is -2.11. The first-order chi connectivity index (χ1) is 9.74. The Morgan fingerprint density at radius 3 is 2.45 bits per heavy atom. The zero-order valence-corrected chi connectivity index (χ0v) is 12.5. The van der Waals surface area contributed by atoms with Crippen LogP contribution in [0.2, 0.25) is 0 Å². The zero-order chi connectivity index (χ0) is 14.6. The number of rotatable bonds is 10. The van der Waals surface area contributed by atoms with Crippen LogP contribution in [-0.2, 0) is 16.1 Å². The van der Waals surface area contributed by atoms with Crippen molar-refractivity contribution in [1.82, 2.24) is 0 Å². The largest absolute Gasteiger partial charge is 0.460 e. The van der Waals surface area contributed by atoms with Gasteiger partial charge in [0.25, 0.3) is 0 Å². The third-order valence-corrected chi connectivity index (χ3v) is 3.40. The second-order valence-corrected chi connectivity index (χ2v) is 5.26. The smallest absolute Gasteiger partial charge is 0.323 e. The van der Waals surface area contributed by atoms with Crippen LogP contribution in [0.25, 0.3) is 0 Å². The van der Waals surface area contributed by atoms with Crippen LogP contribution < -0.4 is 5.73 Å². The van der Waals surface area contributed by atoms with Gasteiger partial charge in [-0.05, 0) is 12.0 Å². The molecule has 0 heterocycles. The van der Waals surface area contributed by atoms with Gasteiger partial charge in [-0.25, -0.2) is 0 Å². The highest BCUT2D eigenvalue weighted by Crippen LogP contribution is 2.09. The third kappa shape index (κ3) is 7.29. The predicted octanol–water partition coefficient (Wildman–Crippen LogP) is 3.81. The van der Waals surface area contributed by atoms with Crippen LogP contribution in [0.5, 0.6) is 0 Å². The molecule has 1 unspecified atom stereocenters. The van der Waals surface area contributed by atoms with Crippen LogP contribution >= 0.6 is 0 Å². The monoisotopic (exact) mass is 277 g/mol. The molecular weight excluding hydrogens is 250 g/mol. The van der Waals surface area contributed by atoms with Crippen LogP contribution in [0.15, 0.2) is 30.3 Å². The summed E-state index contributed by atoms with van der Waals surface area (Å²) in [6.45, 7) is 2.52. The van der Waals surface area contributed by atoms with Gasteiger partial charge in [-0.3, -0.25) is 4.79 Å². The van der Waals surface area contributed by atoms with Crippen molar-refractivity contribution in [3.05, 3.63) is 35.9 Å². The van der Waals surface area contributed by atoms with Crippen LogP contribution in [0.1, 0.15) is 57.4 Å². The maximum absolute atomic E-state index is 11.7. The van der Waals surface area contributed by atoms with Crippen LogP contribution in [0, 0.1) is 0 Å². The Kier molecular flexibility index (Phi) is 8.72. The zero-order valence-electron chi connectivity index (χ0n) is 12.5. The summed E-state index contributed by atoms with van der Waals surface area (Å²) in [6.07, 6.45) is 7.95. The number of nitrogens with two attached hydrogens (primary N) is 1. The molecule has 1 atom stereocenters. The Balaban J connectivity index is 2.10. The molecule has 0 aliphatic heterocycles. The van der Waals surface area contributed by atoms with E-state index in [1.54, 1.807) is 0 Å². The molecule has 1 aromatic carbocycles. The van der Waals surface area contributed by atoms with Gasteiger partial charge in [-0.15, -0.1) is 0 Å². The molecule has 3 nitrogen and oxygen atoms in total. The highest BCUT2D eigenvalue weighted by molar-refractivity contribution is 5.75. The summed E-state index contributed by atoms with van der Waals surface area (Å²) in [5.41, 5.74) is 6.84. The first-order valence-corrected chi connectivity index (χ1v) is 7.70. The molecule has 0 aliphatic carbocycles. The van der Waals surface area contributed by atoms with E-state index >= 15 is 0 Å². The van der Waals surface area contributed by atoms with E-state index in [4.69, 9.17) is 10.5 Å². The molecule has 1 aromatic rings. The molecule has 0 spiro atoms. The maximum Gasteiger partial charge on any atom is 0.323 e. The minimum atomic E-state index is -0.482. The van der Waals surface area contributed by atoms with Crippen molar-refractivity contribution in [2.75, 3.05) is 0 Å². The number of unbranched alkanes of at least 4 members (excludes halogenated alkanes) is 5. The Morgan fingerprint density at radius 2 is 1.75 bits per heavy atom. The van der Waals surface area contributed by atoms with Crippen LogP contribution in [0.3, 0.4) is 0 Å². The van der Waals surface area contributed by atoms with Gasteiger partial charge in [0.15, 0.2) is 0 Å². The van der Waals surface area contributed by atoms with Gasteiger partial charge in [-0.1, -0.05) is 75.8 Å². The molecule has 0 radical (unpaired) electrons. The highest BCUT2D eigenvalue weighted by Gasteiger charge is 2.14.